The third kappa shape index (κ3) is 5.31. The number of carbonyl (C=O) groups is 1. The number of rotatable bonds is 2. The topological polar surface area (TPSA) is 32.3 Å². The average Bonchev–Trinajstić information content (AvgIpc) is 2.51. The van der Waals surface area contributed by atoms with Crippen LogP contribution < -0.4 is 5.32 Å². The molecule has 0 saturated carbocycles. The van der Waals surface area contributed by atoms with Crippen molar-refractivity contribution in [3.63, 3.8) is 0 Å². The van der Waals surface area contributed by atoms with Crippen molar-refractivity contribution in [3.05, 3.63) is 0 Å². The van der Waals surface area contributed by atoms with Crippen LogP contribution in [-0.4, -0.2) is 37.0 Å². The highest BCUT2D eigenvalue weighted by atomic mass is 35.5. The van der Waals surface area contributed by atoms with Gasteiger partial charge in [-0.2, -0.15) is 0 Å². The molecule has 0 atom stereocenters. The molecule has 2 aliphatic rings. The fourth-order valence-corrected chi connectivity index (χ4v) is 3.13. The predicted molar refractivity (Wildman–Crippen MR) is 81.7 cm³/mol. The van der Waals surface area contributed by atoms with E-state index in [-0.39, 0.29) is 12.4 Å². The van der Waals surface area contributed by atoms with Gasteiger partial charge in [-0.25, -0.2) is 0 Å². The van der Waals surface area contributed by atoms with Crippen LogP contribution in [-0.2, 0) is 4.79 Å². The van der Waals surface area contributed by atoms with E-state index in [1.165, 1.54) is 25.7 Å². The molecule has 2 saturated heterocycles. The van der Waals surface area contributed by atoms with Gasteiger partial charge in [0.1, 0.15) is 0 Å². The van der Waals surface area contributed by atoms with Crippen LogP contribution in [0.15, 0.2) is 0 Å². The van der Waals surface area contributed by atoms with Gasteiger partial charge < -0.3 is 10.2 Å². The molecule has 1 N–H and O–H groups in total. The average molecular weight is 289 g/mol. The normalized spacial score (nSPS) is 24.4. The fraction of sp³-hybridized carbons (Fsp3) is 0.933. The number of nitrogens with zero attached hydrogens (tertiary/aromatic N) is 1. The van der Waals surface area contributed by atoms with E-state index in [1.54, 1.807) is 0 Å². The molecule has 0 unspecified atom stereocenters. The van der Waals surface area contributed by atoms with Gasteiger partial charge >= 0.3 is 0 Å². The molecule has 0 radical (unpaired) electrons. The molecular formula is C15H29ClN2O. The van der Waals surface area contributed by atoms with E-state index in [9.17, 15) is 4.79 Å². The molecule has 0 aromatic carbocycles. The third-order valence-electron chi connectivity index (χ3n) is 4.61. The number of nitrogens with one attached hydrogen (secondary N) is 1. The van der Waals surface area contributed by atoms with Crippen molar-refractivity contribution < 1.29 is 4.79 Å². The van der Waals surface area contributed by atoms with Gasteiger partial charge in [0.25, 0.3) is 0 Å². The maximum Gasteiger partial charge on any atom is 0.222 e. The second-order valence-corrected chi connectivity index (χ2v) is 6.80. The van der Waals surface area contributed by atoms with Crippen LogP contribution in [0.3, 0.4) is 0 Å². The Bertz CT molecular complexity index is 288. The van der Waals surface area contributed by atoms with Gasteiger partial charge in [-0.05, 0) is 56.5 Å². The Hall–Kier alpha value is -0.280. The van der Waals surface area contributed by atoms with Gasteiger partial charge in [-0.1, -0.05) is 13.8 Å². The molecule has 2 heterocycles. The molecule has 0 aromatic heterocycles. The van der Waals surface area contributed by atoms with Gasteiger partial charge in [0, 0.05) is 19.5 Å². The van der Waals surface area contributed by atoms with Crippen LogP contribution in [0.25, 0.3) is 0 Å². The van der Waals surface area contributed by atoms with Crippen molar-refractivity contribution >= 4 is 18.3 Å². The summed E-state index contributed by atoms with van der Waals surface area (Å²) in [6.07, 6.45) is 6.71. The van der Waals surface area contributed by atoms with E-state index in [0.29, 0.717) is 17.2 Å². The van der Waals surface area contributed by atoms with Crippen LogP contribution >= 0.6 is 12.4 Å². The largest absolute Gasteiger partial charge is 0.343 e. The van der Waals surface area contributed by atoms with Crippen LogP contribution in [0, 0.1) is 11.3 Å². The second-order valence-electron chi connectivity index (χ2n) is 6.80. The first-order valence-corrected chi connectivity index (χ1v) is 7.55. The minimum atomic E-state index is 0. The number of halogens is 1. The molecule has 0 spiro atoms. The van der Waals surface area contributed by atoms with Crippen LogP contribution in [0.1, 0.15) is 52.4 Å². The van der Waals surface area contributed by atoms with Gasteiger partial charge in [-0.3, -0.25) is 4.79 Å². The molecule has 19 heavy (non-hydrogen) atoms. The zero-order valence-electron chi connectivity index (χ0n) is 12.4. The highest BCUT2D eigenvalue weighted by Crippen LogP contribution is 2.30. The summed E-state index contributed by atoms with van der Waals surface area (Å²) in [6.45, 7) is 8.78. The first-order valence-electron chi connectivity index (χ1n) is 7.55. The molecule has 1 amide bonds. The molecule has 4 heteroatoms. The summed E-state index contributed by atoms with van der Waals surface area (Å²) < 4.78 is 0. The standard InChI is InChI=1S/C15H28N2O.ClH/c1-15(2)6-3-10-17(11-7-15)14(18)12-13-4-8-16-9-5-13;/h13,16H,3-12H2,1-2H3;1H. The number of piperidine rings is 1. The van der Waals surface area contributed by atoms with Crippen molar-refractivity contribution in [1.29, 1.82) is 0 Å². The summed E-state index contributed by atoms with van der Waals surface area (Å²) in [6, 6.07) is 0. The second kappa shape index (κ2) is 7.49. The number of carbonyl (C=O) groups excluding carboxylic acids is 1. The zero-order chi connectivity index (χ0) is 13.0. The monoisotopic (exact) mass is 288 g/mol. The quantitative estimate of drug-likeness (QED) is 0.847. The number of likely N-dealkylation sites (tertiary alicyclic amines) is 1. The van der Waals surface area contributed by atoms with Crippen molar-refractivity contribution in [2.75, 3.05) is 26.2 Å². The summed E-state index contributed by atoms with van der Waals surface area (Å²) in [5.41, 5.74) is 0.420. The summed E-state index contributed by atoms with van der Waals surface area (Å²) in [5.74, 6) is 1.02. The minimum absolute atomic E-state index is 0. The fourth-order valence-electron chi connectivity index (χ4n) is 3.13. The Balaban J connectivity index is 0.00000180. The molecule has 0 bridgehead atoms. The lowest BCUT2D eigenvalue weighted by Gasteiger charge is -2.27. The van der Waals surface area contributed by atoms with Crippen LogP contribution in [0.5, 0.6) is 0 Å². The van der Waals surface area contributed by atoms with E-state index >= 15 is 0 Å². The maximum atomic E-state index is 12.3. The molecule has 2 fully saturated rings. The predicted octanol–water partition coefficient (Wildman–Crippen LogP) is 2.84. The van der Waals surface area contributed by atoms with Crippen molar-refractivity contribution in [1.82, 2.24) is 10.2 Å². The lowest BCUT2D eigenvalue weighted by molar-refractivity contribution is -0.132. The van der Waals surface area contributed by atoms with E-state index in [1.807, 2.05) is 0 Å². The number of hydrogen-bond donors (Lipinski definition) is 1. The lowest BCUT2D eigenvalue weighted by Crippen LogP contribution is -2.36. The smallest absolute Gasteiger partial charge is 0.222 e. The summed E-state index contributed by atoms with van der Waals surface area (Å²) in [4.78, 5) is 14.5. The molecule has 2 rings (SSSR count). The Morgan fingerprint density at radius 3 is 2.58 bits per heavy atom. The van der Waals surface area contributed by atoms with E-state index in [2.05, 4.69) is 24.1 Å². The molecule has 0 aromatic rings. The van der Waals surface area contributed by atoms with Crippen molar-refractivity contribution in [3.8, 4) is 0 Å². The van der Waals surface area contributed by atoms with Crippen LogP contribution in [0.2, 0.25) is 0 Å². The lowest BCUT2D eigenvalue weighted by atomic mass is 9.85. The van der Waals surface area contributed by atoms with E-state index in [0.717, 1.165) is 39.0 Å². The highest BCUT2D eigenvalue weighted by Gasteiger charge is 2.26. The Kier molecular flexibility index (Phi) is 6.61. The minimum Gasteiger partial charge on any atom is -0.343 e. The van der Waals surface area contributed by atoms with E-state index < -0.39 is 0 Å². The zero-order valence-corrected chi connectivity index (χ0v) is 13.2. The summed E-state index contributed by atoms with van der Waals surface area (Å²) in [7, 11) is 0. The molecule has 0 aliphatic carbocycles. The van der Waals surface area contributed by atoms with Gasteiger partial charge in [-0.15, -0.1) is 12.4 Å². The van der Waals surface area contributed by atoms with Gasteiger partial charge in [0.05, 0.1) is 0 Å². The van der Waals surface area contributed by atoms with Gasteiger partial charge in [0.15, 0.2) is 0 Å². The third-order valence-corrected chi connectivity index (χ3v) is 4.61. The van der Waals surface area contributed by atoms with E-state index in [4.69, 9.17) is 0 Å². The first-order chi connectivity index (χ1) is 8.57. The number of amides is 1. The Morgan fingerprint density at radius 1 is 1.21 bits per heavy atom. The molecule has 3 nitrogen and oxygen atoms in total. The Morgan fingerprint density at radius 2 is 1.89 bits per heavy atom. The van der Waals surface area contributed by atoms with Crippen molar-refractivity contribution in [2.45, 2.75) is 52.4 Å². The Labute approximate surface area is 123 Å². The number of hydrogen-bond acceptors (Lipinski definition) is 2. The molecular weight excluding hydrogens is 260 g/mol. The molecule has 2 aliphatic heterocycles. The highest BCUT2D eigenvalue weighted by molar-refractivity contribution is 5.85. The van der Waals surface area contributed by atoms with Crippen molar-refractivity contribution in [2.24, 2.45) is 11.3 Å². The summed E-state index contributed by atoms with van der Waals surface area (Å²) >= 11 is 0. The maximum absolute atomic E-state index is 12.3. The SMILES string of the molecule is CC1(C)CCCN(C(=O)CC2CCNCC2)CC1.Cl. The summed E-state index contributed by atoms with van der Waals surface area (Å²) in [5, 5.41) is 3.36. The molecule has 112 valence electrons. The van der Waals surface area contributed by atoms with Gasteiger partial charge in [0.2, 0.25) is 5.91 Å². The van der Waals surface area contributed by atoms with Crippen LogP contribution in [0.4, 0.5) is 0 Å². The first kappa shape index (κ1) is 16.8.